The Morgan fingerprint density at radius 3 is 2.76 bits per heavy atom. The molecule has 1 N–H and O–H groups in total. The molecule has 1 aliphatic rings. The minimum atomic E-state index is -0.281. The van der Waals surface area contributed by atoms with Crippen molar-refractivity contribution in [2.45, 2.75) is 18.9 Å². The SMILES string of the molecule is COCCN(C(=O)c1n[nH]c(=O)c2ccccc12)C1CC1. The predicted octanol–water partition coefficient (Wildman–Crippen LogP) is 1.17. The van der Waals surface area contributed by atoms with Crippen molar-refractivity contribution >= 4 is 16.7 Å². The molecular weight excluding hydrogens is 270 g/mol. The molecule has 0 radical (unpaired) electrons. The average molecular weight is 287 g/mol. The minimum Gasteiger partial charge on any atom is -0.383 e. The van der Waals surface area contributed by atoms with Crippen LogP contribution in [0, 0.1) is 0 Å². The number of hydrogen-bond acceptors (Lipinski definition) is 4. The van der Waals surface area contributed by atoms with Crippen LogP contribution < -0.4 is 5.56 Å². The molecule has 21 heavy (non-hydrogen) atoms. The van der Waals surface area contributed by atoms with Crippen LogP contribution in [0.1, 0.15) is 23.3 Å². The van der Waals surface area contributed by atoms with Gasteiger partial charge < -0.3 is 9.64 Å². The molecule has 1 aromatic heterocycles. The van der Waals surface area contributed by atoms with Gasteiger partial charge in [-0.15, -0.1) is 0 Å². The van der Waals surface area contributed by atoms with Gasteiger partial charge in [-0.3, -0.25) is 9.59 Å². The zero-order valence-corrected chi connectivity index (χ0v) is 11.8. The third-order valence-corrected chi connectivity index (χ3v) is 3.68. The van der Waals surface area contributed by atoms with Gasteiger partial charge in [-0.1, -0.05) is 18.2 Å². The van der Waals surface area contributed by atoms with E-state index in [0.717, 1.165) is 12.8 Å². The highest BCUT2D eigenvalue weighted by Gasteiger charge is 2.34. The average Bonchev–Trinajstić information content (AvgIpc) is 3.33. The molecule has 3 rings (SSSR count). The summed E-state index contributed by atoms with van der Waals surface area (Å²) in [7, 11) is 1.61. The number of carbonyl (C=O) groups excluding carboxylic acids is 1. The molecule has 0 aliphatic heterocycles. The topological polar surface area (TPSA) is 75.3 Å². The van der Waals surface area contributed by atoms with Gasteiger partial charge in [-0.05, 0) is 18.9 Å². The summed E-state index contributed by atoms with van der Waals surface area (Å²) in [5.74, 6) is -0.151. The van der Waals surface area contributed by atoms with Gasteiger partial charge >= 0.3 is 0 Å². The van der Waals surface area contributed by atoms with E-state index >= 15 is 0 Å². The summed E-state index contributed by atoms with van der Waals surface area (Å²) in [6, 6.07) is 7.29. The molecule has 6 heteroatoms. The van der Waals surface area contributed by atoms with E-state index in [1.807, 2.05) is 0 Å². The number of carbonyl (C=O) groups is 1. The van der Waals surface area contributed by atoms with Crippen LogP contribution in [0.5, 0.6) is 0 Å². The molecule has 2 aromatic rings. The van der Waals surface area contributed by atoms with Gasteiger partial charge in [-0.2, -0.15) is 5.10 Å². The number of H-pyrrole nitrogens is 1. The summed E-state index contributed by atoms with van der Waals surface area (Å²) in [5, 5.41) is 7.46. The molecule has 110 valence electrons. The number of rotatable bonds is 5. The third kappa shape index (κ3) is 2.67. The molecule has 0 spiro atoms. The van der Waals surface area contributed by atoms with E-state index in [9.17, 15) is 9.59 Å². The number of nitrogens with zero attached hydrogens (tertiary/aromatic N) is 2. The molecule has 1 aliphatic carbocycles. The summed E-state index contributed by atoms with van der Waals surface area (Å²) in [4.78, 5) is 26.3. The first-order chi connectivity index (χ1) is 10.2. The fourth-order valence-electron chi connectivity index (χ4n) is 2.44. The Labute approximate surface area is 121 Å². The molecule has 0 atom stereocenters. The van der Waals surface area contributed by atoms with E-state index in [4.69, 9.17) is 4.74 Å². The zero-order valence-electron chi connectivity index (χ0n) is 11.8. The summed E-state index contributed by atoms with van der Waals surface area (Å²) in [5.41, 5.74) is 0.0187. The maximum absolute atomic E-state index is 12.7. The van der Waals surface area contributed by atoms with E-state index in [2.05, 4.69) is 10.2 Å². The van der Waals surface area contributed by atoms with Crippen molar-refractivity contribution in [2.75, 3.05) is 20.3 Å². The number of amides is 1. The highest BCUT2D eigenvalue weighted by atomic mass is 16.5. The molecule has 1 aromatic carbocycles. The fourth-order valence-corrected chi connectivity index (χ4v) is 2.44. The highest BCUT2D eigenvalue weighted by molar-refractivity contribution is 6.04. The van der Waals surface area contributed by atoms with Gasteiger partial charge in [0.1, 0.15) is 0 Å². The summed E-state index contributed by atoms with van der Waals surface area (Å²) in [6.07, 6.45) is 2.02. The number of aromatic amines is 1. The second-order valence-corrected chi connectivity index (χ2v) is 5.17. The summed E-state index contributed by atoms with van der Waals surface area (Å²) < 4.78 is 5.07. The lowest BCUT2D eigenvalue weighted by Gasteiger charge is -2.21. The molecule has 1 fully saturated rings. The summed E-state index contributed by atoms with van der Waals surface area (Å²) in [6.45, 7) is 1.03. The molecule has 1 saturated carbocycles. The Bertz CT molecular complexity index is 721. The zero-order chi connectivity index (χ0) is 14.8. The van der Waals surface area contributed by atoms with Crippen LogP contribution >= 0.6 is 0 Å². The second kappa shape index (κ2) is 5.65. The molecule has 1 amide bonds. The third-order valence-electron chi connectivity index (χ3n) is 3.68. The highest BCUT2D eigenvalue weighted by Crippen LogP contribution is 2.28. The van der Waals surface area contributed by atoms with Crippen LogP contribution in [-0.2, 0) is 4.74 Å². The van der Waals surface area contributed by atoms with E-state index in [-0.39, 0.29) is 17.5 Å². The van der Waals surface area contributed by atoms with Crippen LogP contribution in [0.15, 0.2) is 29.1 Å². The molecular formula is C15H17N3O3. The normalized spacial score (nSPS) is 14.3. The molecule has 0 unspecified atom stereocenters. The van der Waals surface area contributed by atoms with Crippen molar-refractivity contribution in [3.63, 3.8) is 0 Å². The largest absolute Gasteiger partial charge is 0.383 e. The lowest BCUT2D eigenvalue weighted by atomic mass is 10.1. The Morgan fingerprint density at radius 2 is 2.10 bits per heavy atom. The number of nitrogens with one attached hydrogen (secondary N) is 1. The number of methoxy groups -OCH3 is 1. The van der Waals surface area contributed by atoms with Crippen molar-refractivity contribution < 1.29 is 9.53 Å². The first-order valence-electron chi connectivity index (χ1n) is 6.99. The first-order valence-corrected chi connectivity index (χ1v) is 6.99. The lowest BCUT2D eigenvalue weighted by Crippen LogP contribution is -2.37. The molecule has 0 saturated heterocycles. The smallest absolute Gasteiger partial charge is 0.275 e. The van der Waals surface area contributed by atoms with E-state index in [1.54, 1.807) is 36.3 Å². The Balaban J connectivity index is 2.00. The number of aromatic nitrogens is 2. The Morgan fingerprint density at radius 1 is 1.38 bits per heavy atom. The first kappa shape index (κ1) is 13.8. The van der Waals surface area contributed by atoms with Crippen molar-refractivity contribution in [1.29, 1.82) is 0 Å². The van der Waals surface area contributed by atoms with Crippen LogP contribution in [0.4, 0.5) is 0 Å². The Kier molecular flexibility index (Phi) is 3.70. The Hall–Kier alpha value is -2.21. The van der Waals surface area contributed by atoms with Crippen molar-refractivity contribution in [3.8, 4) is 0 Å². The van der Waals surface area contributed by atoms with Gasteiger partial charge in [0, 0.05) is 25.1 Å². The number of fused-ring (bicyclic) bond motifs is 1. The van der Waals surface area contributed by atoms with Gasteiger partial charge in [0.25, 0.3) is 11.5 Å². The van der Waals surface area contributed by atoms with E-state index in [0.29, 0.717) is 29.6 Å². The predicted molar refractivity (Wildman–Crippen MR) is 78.3 cm³/mol. The second-order valence-electron chi connectivity index (χ2n) is 5.17. The van der Waals surface area contributed by atoms with Crippen LogP contribution in [0.3, 0.4) is 0 Å². The van der Waals surface area contributed by atoms with Crippen molar-refractivity contribution in [1.82, 2.24) is 15.1 Å². The van der Waals surface area contributed by atoms with Crippen molar-refractivity contribution in [2.24, 2.45) is 0 Å². The van der Waals surface area contributed by atoms with E-state index < -0.39 is 0 Å². The number of hydrogen-bond donors (Lipinski definition) is 1. The van der Waals surface area contributed by atoms with Gasteiger partial charge in [0.05, 0.1) is 12.0 Å². The number of benzene rings is 1. The lowest BCUT2D eigenvalue weighted by molar-refractivity contribution is 0.0675. The van der Waals surface area contributed by atoms with Gasteiger partial charge in [0.2, 0.25) is 0 Å². The maximum Gasteiger partial charge on any atom is 0.275 e. The maximum atomic E-state index is 12.7. The minimum absolute atomic E-state index is 0.151. The van der Waals surface area contributed by atoms with Gasteiger partial charge in [-0.25, -0.2) is 5.10 Å². The van der Waals surface area contributed by atoms with Crippen molar-refractivity contribution in [3.05, 3.63) is 40.3 Å². The quantitative estimate of drug-likeness (QED) is 0.896. The molecule has 1 heterocycles. The van der Waals surface area contributed by atoms with Crippen LogP contribution in [-0.4, -0.2) is 47.3 Å². The van der Waals surface area contributed by atoms with Crippen LogP contribution in [0.25, 0.3) is 10.8 Å². The molecule has 6 nitrogen and oxygen atoms in total. The molecule has 0 bridgehead atoms. The fraction of sp³-hybridized carbons (Fsp3) is 0.400. The number of ether oxygens (including phenoxy) is 1. The van der Waals surface area contributed by atoms with Gasteiger partial charge in [0.15, 0.2) is 5.69 Å². The monoisotopic (exact) mass is 287 g/mol. The van der Waals surface area contributed by atoms with E-state index in [1.165, 1.54) is 0 Å². The standard InChI is InChI=1S/C15H17N3O3/c1-21-9-8-18(10-6-7-10)15(20)13-11-4-2-3-5-12(11)14(19)17-16-13/h2-5,10H,6-9H2,1H3,(H,17,19). The van der Waals surface area contributed by atoms with Crippen LogP contribution in [0.2, 0.25) is 0 Å². The summed E-state index contributed by atoms with van der Waals surface area (Å²) >= 11 is 0.